The summed E-state index contributed by atoms with van der Waals surface area (Å²) in [6.45, 7) is 0. The van der Waals surface area contributed by atoms with Crippen molar-refractivity contribution in [2.24, 2.45) is 5.92 Å². The highest BCUT2D eigenvalue weighted by atomic mass is 19.1. The van der Waals surface area contributed by atoms with Crippen molar-refractivity contribution in [2.75, 3.05) is 0 Å². The van der Waals surface area contributed by atoms with E-state index in [4.69, 9.17) is 0 Å². The number of halogens is 1. The average Bonchev–Trinajstić information content (AvgIpc) is 2.46. The topological polar surface area (TPSA) is 30.0 Å². The van der Waals surface area contributed by atoms with Crippen LogP contribution in [0.5, 0.6) is 0 Å². The number of ketones is 1. The number of hydrogen-bond acceptors (Lipinski definition) is 2. The first-order chi connectivity index (χ1) is 9.25. The number of carbonyl (C=O) groups excluding carboxylic acids is 1. The zero-order chi connectivity index (χ0) is 13.2. The maximum absolute atomic E-state index is 13.6. The summed E-state index contributed by atoms with van der Waals surface area (Å²) < 4.78 is 13.6. The number of nitrogens with zero attached hydrogens (tertiary/aromatic N) is 1. The first-order valence-electron chi connectivity index (χ1n) is 6.46. The van der Waals surface area contributed by atoms with E-state index < -0.39 is 5.82 Å². The molecule has 0 fully saturated rings. The average molecular weight is 255 g/mol. The molecule has 3 rings (SSSR count). The summed E-state index contributed by atoms with van der Waals surface area (Å²) in [4.78, 5) is 16.0. The first-order valence-corrected chi connectivity index (χ1v) is 6.46. The monoisotopic (exact) mass is 255 g/mol. The van der Waals surface area contributed by atoms with Crippen LogP contribution < -0.4 is 0 Å². The molecule has 1 aliphatic carbocycles. The molecule has 1 unspecified atom stereocenters. The molecule has 2 aromatic rings. The third-order valence-corrected chi connectivity index (χ3v) is 3.76. The maximum Gasteiger partial charge on any atom is 0.169 e. The minimum Gasteiger partial charge on any atom is -0.294 e. The van der Waals surface area contributed by atoms with Crippen molar-refractivity contribution in [3.8, 4) is 0 Å². The number of benzene rings is 1. The van der Waals surface area contributed by atoms with Gasteiger partial charge >= 0.3 is 0 Å². The lowest BCUT2D eigenvalue weighted by molar-refractivity contribution is 0.0904. The molecule has 1 atom stereocenters. The van der Waals surface area contributed by atoms with Gasteiger partial charge in [0.15, 0.2) is 11.6 Å². The second-order valence-electron chi connectivity index (χ2n) is 4.93. The second-order valence-corrected chi connectivity index (χ2v) is 4.93. The SMILES string of the molecule is O=C(c1ccncc1F)C1CCc2ccccc2C1. The molecule has 0 aliphatic heterocycles. The molecule has 2 nitrogen and oxygen atoms in total. The van der Waals surface area contributed by atoms with Crippen molar-refractivity contribution in [2.45, 2.75) is 19.3 Å². The molecule has 1 aromatic carbocycles. The molecule has 0 bridgehead atoms. The molecule has 0 saturated carbocycles. The normalized spacial score (nSPS) is 17.8. The van der Waals surface area contributed by atoms with Gasteiger partial charge in [-0.1, -0.05) is 24.3 Å². The summed E-state index contributed by atoms with van der Waals surface area (Å²) in [6, 6.07) is 9.63. The van der Waals surface area contributed by atoms with Crippen LogP contribution in [0.25, 0.3) is 0 Å². The molecular weight excluding hydrogens is 241 g/mol. The van der Waals surface area contributed by atoms with E-state index in [1.54, 1.807) is 0 Å². The van der Waals surface area contributed by atoms with Crippen molar-refractivity contribution >= 4 is 5.78 Å². The van der Waals surface area contributed by atoms with Gasteiger partial charge in [0, 0.05) is 12.1 Å². The van der Waals surface area contributed by atoms with Gasteiger partial charge in [0.1, 0.15) is 0 Å². The van der Waals surface area contributed by atoms with E-state index >= 15 is 0 Å². The van der Waals surface area contributed by atoms with Crippen LogP contribution in [0.1, 0.15) is 27.9 Å². The summed E-state index contributed by atoms with van der Waals surface area (Å²) >= 11 is 0. The zero-order valence-corrected chi connectivity index (χ0v) is 10.5. The van der Waals surface area contributed by atoms with E-state index in [0.29, 0.717) is 6.42 Å². The molecule has 0 N–H and O–H groups in total. The van der Waals surface area contributed by atoms with Gasteiger partial charge in [-0.25, -0.2) is 4.39 Å². The molecule has 0 spiro atoms. The van der Waals surface area contributed by atoms with Gasteiger partial charge in [0.25, 0.3) is 0 Å². The number of pyridine rings is 1. The Labute approximate surface area is 111 Å². The van der Waals surface area contributed by atoms with E-state index in [-0.39, 0.29) is 17.3 Å². The third-order valence-electron chi connectivity index (χ3n) is 3.76. The number of carbonyl (C=O) groups is 1. The van der Waals surface area contributed by atoms with Crippen LogP contribution in [0, 0.1) is 11.7 Å². The van der Waals surface area contributed by atoms with Crippen LogP contribution in [-0.2, 0) is 12.8 Å². The Bertz CT molecular complexity index is 624. The first kappa shape index (κ1) is 12.0. The van der Waals surface area contributed by atoms with E-state index in [1.807, 2.05) is 12.1 Å². The van der Waals surface area contributed by atoms with Crippen LogP contribution >= 0.6 is 0 Å². The smallest absolute Gasteiger partial charge is 0.169 e. The van der Waals surface area contributed by atoms with Crippen LogP contribution in [-0.4, -0.2) is 10.8 Å². The Kier molecular flexibility index (Phi) is 3.11. The molecule has 96 valence electrons. The predicted octanol–water partition coefficient (Wildman–Crippen LogP) is 3.21. The van der Waals surface area contributed by atoms with Crippen LogP contribution in [0.2, 0.25) is 0 Å². The summed E-state index contributed by atoms with van der Waals surface area (Å²) in [5, 5.41) is 0. The Hall–Kier alpha value is -2.03. The number of aryl methyl sites for hydroxylation is 1. The van der Waals surface area contributed by atoms with Crippen LogP contribution in [0.3, 0.4) is 0 Å². The second kappa shape index (κ2) is 4.92. The standard InChI is InChI=1S/C16H14FNO/c17-15-10-18-8-7-14(15)16(19)13-6-5-11-3-1-2-4-12(11)9-13/h1-4,7-8,10,13H,5-6,9H2. The Balaban J connectivity index is 1.86. The highest BCUT2D eigenvalue weighted by Gasteiger charge is 2.26. The van der Waals surface area contributed by atoms with Crippen molar-refractivity contribution in [1.82, 2.24) is 4.98 Å². The Morgan fingerprint density at radius 3 is 2.79 bits per heavy atom. The fourth-order valence-corrected chi connectivity index (χ4v) is 2.72. The minimum atomic E-state index is -0.522. The Morgan fingerprint density at radius 1 is 1.21 bits per heavy atom. The lowest BCUT2D eigenvalue weighted by Crippen LogP contribution is -2.23. The molecule has 0 amide bonds. The predicted molar refractivity (Wildman–Crippen MR) is 70.5 cm³/mol. The van der Waals surface area contributed by atoms with Gasteiger partial charge in [-0.15, -0.1) is 0 Å². The van der Waals surface area contributed by atoms with Gasteiger partial charge < -0.3 is 0 Å². The van der Waals surface area contributed by atoms with Gasteiger partial charge in [0.05, 0.1) is 11.8 Å². The molecular formula is C16H14FNO. The van der Waals surface area contributed by atoms with E-state index in [2.05, 4.69) is 17.1 Å². The summed E-state index contributed by atoms with van der Waals surface area (Å²) in [7, 11) is 0. The Morgan fingerprint density at radius 2 is 2.00 bits per heavy atom. The van der Waals surface area contributed by atoms with Gasteiger partial charge in [0.2, 0.25) is 0 Å². The van der Waals surface area contributed by atoms with Crippen LogP contribution in [0.4, 0.5) is 4.39 Å². The van der Waals surface area contributed by atoms with Gasteiger partial charge in [-0.2, -0.15) is 0 Å². The lowest BCUT2D eigenvalue weighted by atomic mass is 9.80. The van der Waals surface area contributed by atoms with Crippen molar-refractivity contribution < 1.29 is 9.18 Å². The van der Waals surface area contributed by atoms with Crippen molar-refractivity contribution in [3.63, 3.8) is 0 Å². The van der Waals surface area contributed by atoms with E-state index in [1.165, 1.54) is 23.4 Å². The minimum absolute atomic E-state index is 0.102. The molecule has 0 radical (unpaired) electrons. The lowest BCUT2D eigenvalue weighted by Gasteiger charge is -2.23. The highest BCUT2D eigenvalue weighted by molar-refractivity contribution is 5.98. The van der Waals surface area contributed by atoms with Gasteiger partial charge in [-0.05, 0) is 36.5 Å². The number of aromatic nitrogens is 1. The molecule has 1 aliphatic rings. The molecule has 1 aromatic heterocycles. The third kappa shape index (κ3) is 2.28. The summed E-state index contributed by atoms with van der Waals surface area (Å²) in [6.07, 6.45) is 4.95. The number of rotatable bonds is 2. The largest absolute Gasteiger partial charge is 0.294 e. The van der Waals surface area contributed by atoms with Gasteiger partial charge in [-0.3, -0.25) is 9.78 Å². The number of fused-ring (bicyclic) bond motifs is 1. The molecule has 3 heteroatoms. The maximum atomic E-state index is 13.6. The van der Waals surface area contributed by atoms with E-state index in [0.717, 1.165) is 19.0 Å². The number of Topliss-reactive ketones (excluding diaryl/α,β-unsaturated/α-hetero) is 1. The van der Waals surface area contributed by atoms with Crippen molar-refractivity contribution in [3.05, 3.63) is 65.2 Å². The summed E-state index contributed by atoms with van der Waals surface area (Å²) in [5.41, 5.74) is 2.68. The fraction of sp³-hybridized carbons (Fsp3) is 0.250. The fourth-order valence-electron chi connectivity index (χ4n) is 2.72. The summed E-state index contributed by atoms with van der Waals surface area (Å²) in [5.74, 6) is -0.743. The molecule has 0 saturated heterocycles. The van der Waals surface area contributed by atoms with Crippen LogP contribution in [0.15, 0.2) is 42.7 Å². The van der Waals surface area contributed by atoms with Crippen molar-refractivity contribution in [1.29, 1.82) is 0 Å². The zero-order valence-electron chi connectivity index (χ0n) is 10.5. The molecule has 19 heavy (non-hydrogen) atoms. The molecule has 1 heterocycles. The number of hydrogen-bond donors (Lipinski definition) is 0. The highest BCUT2D eigenvalue weighted by Crippen LogP contribution is 2.28. The van der Waals surface area contributed by atoms with E-state index in [9.17, 15) is 9.18 Å². The quantitative estimate of drug-likeness (QED) is 0.771.